The van der Waals surface area contributed by atoms with E-state index in [-0.39, 0.29) is 5.91 Å². The highest BCUT2D eigenvalue weighted by Crippen LogP contribution is 2.21. The maximum atomic E-state index is 12.7. The van der Waals surface area contributed by atoms with Gasteiger partial charge < -0.3 is 9.64 Å². The van der Waals surface area contributed by atoms with Crippen LogP contribution in [0.2, 0.25) is 0 Å². The summed E-state index contributed by atoms with van der Waals surface area (Å²) >= 11 is 0. The predicted molar refractivity (Wildman–Crippen MR) is 93.6 cm³/mol. The van der Waals surface area contributed by atoms with Crippen molar-refractivity contribution in [2.24, 2.45) is 5.92 Å². The average molecular weight is 309 g/mol. The topological polar surface area (TPSA) is 29.5 Å². The molecule has 0 bridgehead atoms. The third kappa shape index (κ3) is 3.80. The molecule has 3 heteroatoms. The Balaban J connectivity index is 1.61. The van der Waals surface area contributed by atoms with E-state index in [2.05, 4.69) is 18.7 Å². The van der Waals surface area contributed by atoms with E-state index in [9.17, 15) is 4.79 Å². The highest BCUT2D eigenvalue weighted by molar-refractivity contribution is 5.98. The fourth-order valence-corrected chi connectivity index (χ4v) is 3.13. The monoisotopic (exact) mass is 309 g/mol. The first kappa shape index (κ1) is 15.8. The largest absolute Gasteiger partial charge is 0.377 e. The average Bonchev–Trinajstić information content (AvgIpc) is 2.61. The van der Waals surface area contributed by atoms with Crippen molar-refractivity contribution in [1.29, 1.82) is 0 Å². The second-order valence-corrected chi connectivity index (χ2v) is 6.12. The first-order valence-electron chi connectivity index (χ1n) is 8.24. The van der Waals surface area contributed by atoms with Gasteiger partial charge in [-0.2, -0.15) is 0 Å². The normalized spacial score (nSPS) is 15.7. The zero-order valence-electron chi connectivity index (χ0n) is 13.4. The van der Waals surface area contributed by atoms with Crippen LogP contribution >= 0.6 is 0 Å². The molecule has 1 aliphatic heterocycles. The highest BCUT2D eigenvalue weighted by atomic mass is 16.5. The lowest BCUT2D eigenvalue weighted by molar-refractivity contribution is 0.0576. The molecule has 120 valence electrons. The van der Waals surface area contributed by atoms with Gasteiger partial charge in [0, 0.05) is 25.3 Å². The molecule has 3 nitrogen and oxygen atoms in total. The first-order chi connectivity index (χ1) is 11.3. The van der Waals surface area contributed by atoms with E-state index in [1.165, 1.54) is 5.39 Å². The molecule has 1 saturated heterocycles. The van der Waals surface area contributed by atoms with Gasteiger partial charge in [0.15, 0.2) is 0 Å². The van der Waals surface area contributed by atoms with Gasteiger partial charge in [0.05, 0.1) is 6.61 Å². The third-order valence-electron chi connectivity index (χ3n) is 4.49. The lowest BCUT2D eigenvalue weighted by Crippen LogP contribution is -2.39. The number of hydrogen-bond donors (Lipinski definition) is 0. The Kier molecular flexibility index (Phi) is 5.09. The van der Waals surface area contributed by atoms with Gasteiger partial charge in [-0.15, -0.1) is 6.58 Å². The van der Waals surface area contributed by atoms with Crippen LogP contribution in [-0.2, 0) is 4.74 Å². The fraction of sp³-hybridized carbons (Fsp3) is 0.350. The first-order valence-corrected chi connectivity index (χ1v) is 8.24. The molecule has 0 spiro atoms. The Morgan fingerprint density at radius 2 is 1.91 bits per heavy atom. The predicted octanol–water partition coefficient (Wildman–Crippen LogP) is 3.89. The van der Waals surface area contributed by atoms with Crippen LogP contribution in [0.3, 0.4) is 0 Å². The van der Waals surface area contributed by atoms with Crippen LogP contribution in [0.25, 0.3) is 10.8 Å². The summed E-state index contributed by atoms with van der Waals surface area (Å²) in [5.74, 6) is 0.691. The number of piperidine rings is 1. The zero-order chi connectivity index (χ0) is 16.1. The van der Waals surface area contributed by atoms with Gasteiger partial charge in [0.1, 0.15) is 0 Å². The molecule has 1 amide bonds. The standard InChI is InChI=1S/C20H23NO2/c1-2-13-23-15-16-9-11-21(12-10-16)20(22)19-8-7-17-5-3-4-6-18(17)14-19/h2-8,14,16H,1,9-13,15H2. The van der Waals surface area contributed by atoms with Crippen molar-refractivity contribution < 1.29 is 9.53 Å². The molecule has 23 heavy (non-hydrogen) atoms. The Labute approximate surface area is 137 Å². The molecular weight excluding hydrogens is 286 g/mol. The number of likely N-dealkylation sites (tertiary alicyclic amines) is 1. The van der Waals surface area contributed by atoms with E-state index in [0.717, 1.165) is 43.5 Å². The summed E-state index contributed by atoms with van der Waals surface area (Å²) in [4.78, 5) is 14.7. The van der Waals surface area contributed by atoms with Gasteiger partial charge in [0.25, 0.3) is 5.91 Å². The van der Waals surface area contributed by atoms with E-state index in [4.69, 9.17) is 4.74 Å². The van der Waals surface area contributed by atoms with Gasteiger partial charge >= 0.3 is 0 Å². The second kappa shape index (κ2) is 7.42. The molecule has 0 aliphatic carbocycles. The highest BCUT2D eigenvalue weighted by Gasteiger charge is 2.23. The number of nitrogens with zero attached hydrogens (tertiary/aromatic N) is 1. The summed E-state index contributed by atoms with van der Waals surface area (Å²) in [6.45, 7) is 6.66. The van der Waals surface area contributed by atoms with E-state index < -0.39 is 0 Å². The molecule has 0 N–H and O–H groups in total. The number of ether oxygens (including phenoxy) is 1. The summed E-state index contributed by atoms with van der Waals surface area (Å²) in [6, 6.07) is 14.1. The number of hydrogen-bond acceptors (Lipinski definition) is 2. The number of benzene rings is 2. The van der Waals surface area contributed by atoms with Crippen LogP contribution in [0.4, 0.5) is 0 Å². The maximum Gasteiger partial charge on any atom is 0.253 e. The molecule has 0 atom stereocenters. The van der Waals surface area contributed by atoms with Crippen molar-refractivity contribution in [2.75, 3.05) is 26.3 Å². The van der Waals surface area contributed by atoms with Gasteiger partial charge in [0.2, 0.25) is 0 Å². The van der Waals surface area contributed by atoms with E-state index in [0.29, 0.717) is 12.5 Å². The quantitative estimate of drug-likeness (QED) is 0.619. The number of carbonyl (C=O) groups excluding carboxylic acids is 1. The molecule has 1 aliphatic rings. The number of fused-ring (bicyclic) bond motifs is 1. The van der Waals surface area contributed by atoms with Crippen LogP contribution in [0.1, 0.15) is 23.2 Å². The van der Waals surface area contributed by atoms with Crippen LogP contribution in [-0.4, -0.2) is 37.1 Å². The molecule has 0 unspecified atom stereocenters. The Bertz CT molecular complexity index is 687. The van der Waals surface area contributed by atoms with Crippen molar-refractivity contribution in [2.45, 2.75) is 12.8 Å². The minimum atomic E-state index is 0.140. The summed E-state index contributed by atoms with van der Waals surface area (Å²) in [5, 5.41) is 2.29. The lowest BCUT2D eigenvalue weighted by atomic mass is 9.97. The fourth-order valence-electron chi connectivity index (χ4n) is 3.13. The third-order valence-corrected chi connectivity index (χ3v) is 4.49. The second-order valence-electron chi connectivity index (χ2n) is 6.12. The summed E-state index contributed by atoms with van der Waals surface area (Å²) in [6.07, 6.45) is 3.80. The van der Waals surface area contributed by atoms with Crippen molar-refractivity contribution in [1.82, 2.24) is 4.90 Å². The lowest BCUT2D eigenvalue weighted by Gasteiger charge is -2.32. The van der Waals surface area contributed by atoms with E-state index in [1.54, 1.807) is 6.08 Å². The summed E-state index contributed by atoms with van der Waals surface area (Å²) < 4.78 is 5.53. The minimum Gasteiger partial charge on any atom is -0.377 e. The van der Waals surface area contributed by atoms with Gasteiger partial charge in [-0.25, -0.2) is 0 Å². The van der Waals surface area contributed by atoms with Crippen LogP contribution < -0.4 is 0 Å². The molecule has 2 aromatic carbocycles. The maximum absolute atomic E-state index is 12.7. The summed E-state index contributed by atoms with van der Waals surface area (Å²) in [5.41, 5.74) is 0.782. The van der Waals surface area contributed by atoms with Crippen molar-refractivity contribution in [3.8, 4) is 0 Å². The summed E-state index contributed by atoms with van der Waals surface area (Å²) in [7, 11) is 0. The molecule has 2 aromatic rings. The molecule has 0 radical (unpaired) electrons. The molecular formula is C20H23NO2. The van der Waals surface area contributed by atoms with Crippen LogP contribution in [0, 0.1) is 5.92 Å². The van der Waals surface area contributed by atoms with E-state index in [1.807, 2.05) is 35.2 Å². The molecule has 0 saturated carbocycles. The van der Waals surface area contributed by atoms with Gasteiger partial charge in [-0.3, -0.25) is 4.79 Å². The van der Waals surface area contributed by atoms with E-state index >= 15 is 0 Å². The molecule has 1 fully saturated rings. The Morgan fingerprint density at radius 1 is 1.17 bits per heavy atom. The minimum absolute atomic E-state index is 0.140. The van der Waals surface area contributed by atoms with Crippen LogP contribution in [0.5, 0.6) is 0 Å². The molecule has 1 heterocycles. The van der Waals surface area contributed by atoms with Gasteiger partial charge in [-0.05, 0) is 41.7 Å². The van der Waals surface area contributed by atoms with Crippen LogP contribution in [0.15, 0.2) is 55.1 Å². The van der Waals surface area contributed by atoms with Gasteiger partial charge in [-0.1, -0.05) is 36.4 Å². The zero-order valence-corrected chi connectivity index (χ0v) is 13.4. The molecule has 0 aromatic heterocycles. The smallest absolute Gasteiger partial charge is 0.253 e. The van der Waals surface area contributed by atoms with Crippen molar-refractivity contribution >= 4 is 16.7 Å². The SMILES string of the molecule is C=CCOCC1CCN(C(=O)c2ccc3ccccc3c2)CC1. The van der Waals surface area contributed by atoms with Crippen molar-refractivity contribution in [3.63, 3.8) is 0 Å². The number of amides is 1. The van der Waals surface area contributed by atoms with Crippen molar-refractivity contribution in [3.05, 3.63) is 60.7 Å². The molecule has 3 rings (SSSR count). The Hall–Kier alpha value is -2.13. The Morgan fingerprint density at radius 3 is 2.65 bits per heavy atom. The number of rotatable bonds is 5. The number of carbonyl (C=O) groups is 1.